The molecular formula is C21H23F3N2O4S. The molecule has 0 unspecified atom stereocenters. The lowest BCUT2D eigenvalue weighted by molar-refractivity contribution is -0.137. The van der Waals surface area contributed by atoms with Crippen LogP contribution in [0.5, 0.6) is 5.75 Å². The van der Waals surface area contributed by atoms with Gasteiger partial charge in [0.15, 0.2) is 0 Å². The first kappa shape index (κ1) is 23.1. The summed E-state index contributed by atoms with van der Waals surface area (Å²) in [5.74, 6) is -0.914. The number of nitrogens with zero attached hydrogens (tertiary/aromatic N) is 1. The van der Waals surface area contributed by atoms with Crippen molar-refractivity contribution in [2.75, 3.05) is 25.5 Å². The number of anilines is 1. The third-order valence-electron chi connectivity index (χ3n) is 5.25. The molecule has 1 saturated heterocycles. The molecule has 0 bridgehead atoms. The van der Waals surface area contributed by atoms with E-state index in [1.807, 2.05) is 0 Å². The zero-order valence-electron chi connectivity index (χ0n) is 17.1. The molecule has 0 atom stereocenters. The number of hydrogen-bond acceptors (Lipinski definition) is 4. The maximum Gasteiger partial charge on any atom is 0.418 e. The number of sulfonamides is 1. The van der Waals surface area contributed by atoms with Gasteiger partial charge in [0.2, 0.25) is 15.9 Å². The lowest BCUT2D eigenvalue weighted by atomic mass is 9.97. The van der Waals surface area contributed by atoms with Crippen LogP contribution in [0.3, 0.4) is 0 Å². The predicted octanol–water partition coefficient (Wildman–Crippen LogP) is 4.06. The minimum atomic E-state index is -4.59. The first-order valence-electron chi connectivity index (χ1n) is 9.66. The Balaban J connectivity index is 1.70. The molecule has 10 heteroatoms. The quantitative estimate of drug-likeness (QED) is 0.736. The molecule has 0 radical (unpaired) electrons. The number of ether oxygens (including phenoxy) is 1. The Hall–Kier alpha value is -2.59. The molecule has 0 saturated carbocycles. The van der Waals surface area contributed by atoms with Gasteiger partial charge in [-0.15, -0.1) is 0 Å². The normalized spacial score (nSPS) is 16.2. The lowest BCUT2D eigenvalue weighted by Crippen LogP contribution is -2.41. The average Bonchev–Trinajstić information content (AvgIpc) is 2.73. The van der Waals surface area contributed by atoms with Crippen LogP contribution in [0, 0.1) is 12.8 Å². The van der Waals surface area contributed by atoms with Crippen molar-refractivity contribution in [3.05, 3.63) is 53.6 Å². The van der Waals surface area contributed by atoms with E-state index in [4.69, 9.17) is 4.74 Å². The number of methoxy groups -OCH3 is 1. The van der Waals surface area contributed by atoms with Gasteiger partial charge >= 0.3 is 6.18 Å². The summed E-state index contributed by atoms with van der Waals surface area (Å²) in [4.78, 5) is 12.6. The second-order valence-corrected chi connectivity index (χ2v) is 9.27. The van der Waals surface area contributed by atoms with Crippen LogP contribution in [-0.2, 0) is 21.0 Å². The molecule has 2 aromatic rings. The number of carbonyl (C=O) groups is 1. The SMILES string of the molecule is COc1ccc(C)cc1S(=O)(=O)N1CCC(C(=O)Nc2ccccc2C(F)(F)F)CC1. The smallest absolute Gasteiger partial charge is 0.418 e. The molecule has 0 spiro atoms. The van der Waals surface area contributed by atoms with Crippen molar-refractivity contribution in [1.82, 2.24) is 4.31 Å². The van der Waals surface area contributed by atoms with Crippen LogP contribution in [0.2, 0.25) is 0 Å². The molecule has 2 aromatic carbocycles. The summed E-state index contributed by atoms with van der Waals surface area (Å²) in [6.45, 7) is 1.94. The van der Waals surface area contributed by atoms with Gasteiger partial charge in [0, 0.05) is 19.0 Å². The minimum Gasteiger partial charge on any atom is -0.495 e. The largest absolute Gasteiger partial charge is 0.495 e. The van der Waals surface area contributed by atoms with Crippen LogP contribution in [-0.4, -0.2) is 38.8 Å². The number of para-hydroxylation sites is 1. The second-order valence-electron chi connectivity index (χ2n) is 7.37. The highest BCUT2D eigenvalue weighted by molar-refractivity contribution is 7.89. The summed E-state index contributed by atoms with van der Waals surface area (Å²) in [6.07, 6.45) is -4.19. The zero-order chi connectivity index (χ0) is 22.8. The molecule has 1 fully saturated rings. The average molecular weight is 456 g/mol. The van der Waals surface area contributed by atoms with Crippen LogP contribution in [0.25, 0.3) is 0 Å². The van der Waals surface area contributed by atoms with E-state index in [1.165, 1.54) is 35.7 Å². The molecule has 3 rings (SSSR count). The van der Waals surface area contributed by atoms with Crippen LogP contribution in [0.1, 0.15) is 24.0 Å². The van der Waals surface area contributed by atoms with E-state index in [-0.39, 0.29) is 42.3 Å². The topological polar surface area (TPSA) is 75.7 Å². The Morgan fingerprint density at radius 2 is 1.77 bits per heavy atom. The molecule has 1 amide bonds. The number of benzene rings is 2. The highest BCUT2D eigenvalue weighted by Crippen LogP contribution is 2.35. The summed E-state index contributed by atoms with van der Waals surface area (Å²) >= 11 is 0. The minimum absolute atomic E-state index is 0.0528. The fourth-order valence-electron chi connectivity index (χ4n) is 3.56. The molecule has 168 valence electrons. The number of hydrogen-bond donors (Lipinski definition) is 1. The number of rotatable bonds is 5. The Labute approximate surface area is 179 Å². The van der Waals surface area contributed by atoms with Crippen molar-refractivity contribution in [1.29, 1.82) is 0 Å². The molecule has 0 aliphatic carbocycles. The van der Waals surface area contributed by atoms with Crippen LogP contribution < -0.4 is 10.1 Å². The summed E-state index contributed by atoms with van der Waals surface area (Å²) in [5, 5.41) is 2.35. The van der Waals surface area contributed by atoms with Crippen LogP contribution >= 0.6 is 0 Å². The van der Waals surface area contributed by atoms with Gasteiger partial charge in [-0.05, 0) is 49.6 Å². The summed E-state index contributed by atoms with van der Waals surface area (Å²) < 4.78 is 72.0. The lowest BCUT2D eigenvalue weighted by Gasteiger charge is -2.31. The van der Waals surface area contributed by atoms with Gasteiger partial charge < -0.3 is 10.1 Å². The van der Waals surface area contributed by atoms with Crippen molar-refractivity contribution in [3.8, 4) is 5.75 Å². The summed E-state index contributed by atoms with van der Waals surface area (Å²) in [7, 11) is -2.45. The molecule has 1 heterocycles. The Morgan fingerprint density at radius 1 is 1.13 bits per heavy atom. The van der Waals surface area contributed by atoms with E-state index in [1.54, 1.807) is 19.1 Å². The van der Waals surface area contributed by atoms with E-state index >= 15 is 0 Å². The van der Waals surface area contributed by atoms with Gasteiger partial charge in [-0.25, -0.2) is 8.42 Å². The maximum absolute atomic E-state index is 13.1. The van der Waals surface area contributed by atoms with Crippen molar-refractivity contribution < 1.29 is 31.1 Å². The van der Waals surface area contributed by atoms with E-state index in [0.717, 1.165) is 11.6 Å². The van der Waals surface area contributed by atoms with Gasteiger partial charge in [0.05, 0.1) is 18.4 Å². The number of alkyl halides is 3. The maximum atomic E-state index is 13.1. The standard InChI is InChI=1S/C21H23F3N2O4S/c1-14-7-8-18(30-2)19(13-14)31(28,29)26-11-9-15(10-12-26)20(27)25-17-6-4-3-5-16(17)21(22,23)24/h3-8,13,15H,9-12H2,1-2H3,(H,25,27). The first-order chi connectivity index (χ1) is 14.5. The summed E-state index contributed by atoms with van der Waals surface area (Å²) in [5.41, 5.74) is -0.466. The third kappa shape index (κ3) is 5.01. The van der Waals surface area contributed by atoms with Crippen molar-refractivity contribution in [2.24, 2.45) is 5.92 Å². The van der Waals surface area contributed by atoms with Crippen LogP contribution in [0.4, 0.5) is 18.9 Å². The molecule has 1 aliphatic heterocycles. The van der Waals surface area contributed by atoms with Crippen molar-refractivity contribution in [3.63, 3.8) is 0 Å². The second kappa shape index (κ2) is 8.88. The number of nitrogens with one attached hydrogen (secondary N) is 1. The van der Waals surface area contributed by atoms with Gasteiger partial charge in [-0.1, -0.05) is 18.2 Å². The Morgan fingerprint density at radius 3 is 2.39 bits per heavy atom. The molecule has 0 aromatic heterocycles. The van der Waals surface area contributed by atoms with Crippen molar-refractivity contribution in [2.45, 2.75) is 30.8 Å². The van der Waals surface area contributed by atoms with E-state index < -0.39 is 33.6 Å². The van der Waals surface area contributed by atoms with E-state index in [2.05, 4.69) is 5.32 Å². The predicted molar refractivity (Wildman–Crippen MR) is 109 cm³/mol. The Bertz CT molecular complexity index is 1060. The fourth-order valence-corrected chi connectivity index (χ4v) is 5.27. The van der Waals surface area contributed by atoms with Gasteiger partial charge in [0.1, 0.15) is 10.6 Å². The fraction of sp³-hybridized carbons (Fsp3) is 0.381. The molecule has 6 nitrogen and oxygen atoms in total. The number of halogens is 3. The van der Waals surface area contributed by atoms with Gasteiger partial charge in [-0.3, -0.25) is 4.79 Å². The number of piperidine rings is 1. The highest BCUT2D eigenvalue weighted by Gasteiger charge is 2.36. The van der Waals surface area contributed by atoms with E-state index in [9.17, 15) is 26.4 Å². The monoisotopic (exact) mass is 456 g/mol. The highest BCUT2D eigenvalue weighted by atomic mass is 32.2. The first-order valence-corrected chi connectivity index (χ1v) is 11.1. The van der Waals surface area contributed by atoms with Crippen LogP contribution in [0.15, 0.2) is 47.4 Å². The van der Waals surface area contributed by atoms with E-state index in [0.29, 0.717) is 0 Å². The number of amides is 1. The number of aryl methyl sites for hydroxylation is 1. The summed E-state index contributed by atoms with van der Waals surface area (Å²) in [6, 6.07) is 9.62. The van der Waals surface area contributed by atoms with Gasteiger partial charge in [0.25, 0.3) is 0 Å². The molecule has 31 heavy (non-hydrogen) atoms. The molecule has 1 N–H and O–H groups in total. The van der Waals surface area contributed by atoms with Crippen molar-refractivity contribution >= 4 is 21.6 Å². The molecule has 1 aliphatic rings. The van der Waals surface area contributed by atoms with Gasteiger partial charge in [-0.2, -0.15) is 17.5 Å². The Kier molecular flexibility index (Phi) is 6.61. The molecular weight excluding hydrogens is 433 g/mol. The third-order valence-corrected chi connectivity index (χ3v) is 7.17. The number of carbonyl (C=O) groups excluding carboxylic acids is 1. The zero-order valence-corrected chi connectivity index (χ0v) is 17.9.